The molecule has 8 heteroatoms. The molecule has 158 valence electrons. The number of benzene rings is 1. The summed E-state index contributed by atoms with van der Waals surface area (Å²) >= 11 is 0. The highest BCUT2D eigenvalue weighted by atomic mass is 15.3. The molecule has 1 aromatic carbocycles. The third-order valence-corrected chi connectivity index (χ3v) is 5.45. The van der Waals surface area contributed by atoms with Crippen LogP contribution in [-0.4, -0.2) is 43.8 Å². The fourth-order valence-corrected chi connectivity index (χ4v) is 3.78. The minimum Gasteiger partial charge on any atom is -0.368 e. The van der Waals surface area contributed by atoms with E-state index in [1.165, 1.54) is 11.4 Å². The lowest BCUT2D eigenvalue weighted by molar-refractivity contribution is -0.683. The Hall–Kier alpha value is -2.45. The molecular weight excluding hydrogens is 364 g/mol. The van der Waals surface area contributed by atoms with Crippen molar-refractivity contribution in [3.8, 4) is 0 Å². The first-order valence-corrected chi connectivity index (χ1v) is 10.8. The summed E-state index contributed by atoms with van der Waals surface area (Å²) in [7, 11) is 0. The average molecular weight is 400 g/mol. The smallest absolute Gasteiger partial charge is 0.368 e. The monoisotopic (exact) mass is 399 g/mol. The Morgan fingerprint density at radius 3 is 2.38 bits per heavy atom. The number of aromatic nitrogens is 2. The molecule has 8 nitrogen and oxygen atoms in total. The number of azo groups is 1. The first kappa shape index (κ1) is 21.3. The Kier molecular flexibility index (Phi) is 7.60. The van der Waals surface area contributed by atoms with Gasteiger partial charge in [0.2, 0.25) is 0 Å². The maximum atomic E-state index is 5.69. The first-order chi connectivity index (χ1) is 14.2. The Morgan fingerprint density at radius 2 is 1.69 bits per heavy atom. The van der Waals surface area contributed by atoms with Gasteiger partial charge in [-0.1, -0.05) is 5.11 Å². The van der Waals surface area contributed by atoms with Gasteiger partial charge in [0.15, 0.2) is 0 Å². The number of aryl methyl sites for hydroxylation is 2. The quantitative estimate of drug-likeness (QED) is 0.474. The third kappa shape index (κ3) is 4.94. The molecule has 0 saturated carbocycles. The summed E-state index contributed by atoms with van der Waals surface area (Å²) in [5, 5.41) is 9.21. The van der Waals surface area contributed by atoms with E-state index in [1.807, 2.05) is 12.4 Å². The summed E-state index contributed by atoms with van der Waals surface area (Å²) in [4.78, 5) is 4.83. The Bertz CT molecular complexity index is 788. The highest BCUT2D eigenvalue weighted by Gasteiger charge is 2.21. The van der Waals surface area contributed by atoms with Crippen LogP contribution in [0.2, 0.25) is 0 Å². The van der Waals surface area contributed by atoms with Gasteiger partial charge in [-0.05, 0) is 58.0 Å². The molecule has 1 aliphatic heterocycles. The lowest BCUT2D eigenvalue weighted by Crippen LogP contribution is -2.40. The fraction of sp³-hybridized carbons (Fsp3) is 0.571. The van der Waals surface area contributed by atoms with Crippen LogP contribution in [0.4, 0.5) is 23.0 Å². The molecule has 1 aromatic heterocycles. The van der Waals surface area contributed by atoms with Crippen LogP contribution in [0.3, 0.4) is 0 Å². The highest BCUT2D eigenvalue weighted by molar-refractivity contribution is 5.76. The molecule has 0 fully saturated rings. The van der Waals surface area contributed by atoms with Crippen molar-refractivity contribution >= 4 is 23.0 Å². The van der Waals surface area contributed by atoms with E-state index < -0.39 is 0 Å². The molecule has 0 amide bonds. The van der Waals surface area contributed by atoms with Gasteiger partial charge in [-0.15, -0.1) is 0 Å². The summed E-state index contributed by atoms with van der Waals surface area (Å²) in [6.45, 7) is 11.5. The second-order valence-corrected chi connectivity index (χ2v) is 7.30. The molecule has 0 saturated heterocycles. The summed E-state index contributed by atoms with van der Waals surface area (Å²) < 4.78 is 4.23. The second kappa shape index (κ2) is 10.4. The number of rotatable bonds is 10. The lowest BCUT2D eigenvalue weighted by atomic mass is 10.1. The number of likely N-dealkylation sites (N-methyl/N-ethyl adjacent to an activating group) is 2. The molecule has 3 rings (SSSR count). The zero-order valence-electron chi connectivity index (χ0n) is 17.8. The predicted octanol–water partition coefficient (Wildman–Crippen LogP) is 2.55. The normalized spacial score (nSPS) is 14.1. The number of anilines is 2. The Labute approximate surface area is 173 Å². The summed E-state index contributed by atoms with van der Waals surface area (Å²) in [6, 6.07) is 6.38. The summed E-state index contributed by atoms with van der Waals surface area (Å²) in [6.07, 6.45) is 5.91. The van der Waals surface area contributed by atoms with Gasteiger partial charge in [-0.25, -0.2) is 9.13 Å². The predicted molar refractivity (Wildman–Crippen MR) is 118 cm³/mol. The number of fused-ring (bicyclic) bond motifs is 1. The Balaban J connectivity index is 1.88. The fourth-order valence-electron chi connectivity index (χ4n) is 3.78. The zero-order valence-corrected chi connectivity index (χ0v) is 17.8. The molecule has 4 N–H and O–H groups in total. The summed E-state index contributed by atoms with van der Waals surface area (Å²) in [5.41, 5.74) is 14.8. The number of nitrogens with zero attached hydrogens (tertiary/aromatic N) is 6. The van der Waals surface area contributed by atoms with Gasteiger partial charge in [-0.3, -0.25) is 0 Å². The van der Waals surface area contributed by atoms with Crippen LogP contribution in [0.25, 0.3) is 0 Å². The van der Waals surface area contributed by atoms with Crippen LogP contribution in [0.1, 0.15) is 26.7 Å². The number of imidazole rings is 1. The van der Waals surface area contributed by atoms with E-state index in [2.05, 4.69) is 61.2 Å². The van der Waals surface area contributed by atoms with Crippen molar-refractivity contribution < 1.29 is 4.57 Å². The molecule has 29 heavy (non-hydrogen) atoms. The molecule has 0 aliphatic carbocycles. The maximum Gasteiger partial charge on any atom is 0.421 e. The van der Waals surface area contributed by atoms with Crippen molar-refractivity contribution in [1.82, 2.24) is 4.57 Å². The van der Waals surface area contributed by atoms with E-state index in [4.69, 9.17) is 11.5 Å². The van der Waals surface area contributed by atoms with Crippen LogP contribution in [0.15, 0.2) is 40.8 Å². The van der Waals surface area contributed by atoms with Crippen LogP contribution >= 0.6 is 0 Å². The minimum atomic E-state index is 0.656. The van der Waals surface area contributed by atoms with E-state index >= 15 is 0 Å². The van der Waals surface area contributed by atoms with Crippen LogP contribution in [0, 0.1) is 0 Å². The van der Waals surface area contributed by atoms with Gasteiger partial charge in [0, 0.05) is 31.3 Å². The van der Waals surface area contributed by atoms with Gasteiger partial charge < -0.3 is 21.3 Å². The second-order valence-electron chi connectivity index (χ2n) is 7.30. The molecule has 0 radical (unpaired) electrons. The largest absolute Gasteiger partial charge is 0.421 e. The Morgan fingerprint density at radius 1 is 0.966 bits per heavy atom. The molecular formula is C21H35N8+. The van der Waals surface area contributed by atoms with Crippen molar-refractivity contribution in [1.29, 1.82) is 0 Å². The van der Waals surface area contributed by atoms with Gasteiger partial charge in [-0.2, -0.15) is 0 Å². The van der Waals surface area contributed by atoms with E-state index in [9.17, 15) is 0 Å². The molecule has 0 spiro atoms. The standard InChI is InChI=1S/C21H35N8/c1-3-26-13-14-27(4-2)20-17-18(7-8-19(20)26)24-25-21-28(11-5-9-22)15-16-29(21)12-6-10-23/h7-8,15-17H,3-6,9-14,22-23H2,1-2H3/q+1. The molecule has 2 heterocycles. The van der Waals surface area contributed by atoms with Crippen LogP contribution < -0.4 is 25.8 Å². The van der Waals surface area contributed by atoms with E-state index in [0.29, 0.717) is 13.1 Å². The van der Waals surface area contributed by atoms with Crippen molar-refractivity contribution in [2.24, 2.45) is 21.7 Å². The molecule has 0 unspecified atom stereocenters. The summed E-state index contributed by atoms with van der Waals surface area (Å²) in [5.74, 6) is 0.840. The van der Waals surface area contributed by atoms with Gasteiger partial charge in [0.05, 0.1) is 36.9 Å². The van der Waals surface area contributed by atoms with Gasteiger partial charge in [0.25, 0.3) is 0 Å². The molecule has 2 aromatic rings. The van der Waals surface area contributed by atoms with Crippen LogP contribution in [0.5, 0.6) is 0 Å². The first-order valence-electron chi connectivity index (χ1n) is 10.8. The minimum absolute atomic E-state index is 0.656. The highest BCUT2D eigenvalue weighted by Crippen LogP contribution is 2.36. The maximum absolute atomic E-state index is 5.69. The molecule has 1 aliphatic rings. The van der Waals surface area contributed by atoms with Crippen molar-refractivity contribution in [2.75, 3.05) is 49.1 Å². The molecule has 0 atom stereocenters. The topological polar surface area (TPSA) is 92.0 Å². The van der Waals surface area contributed by atoms with E-state index in [0.717, 1.165) is 63.7 Å². The van der Waals surface area contributed by atoms with E-state index in [-0.39, 0.29) is 0 Å². The van der Waals surface area contributed by atoms with Gasteiger partial charge >= 0.3 is 5.95 Å². The zero-order chi connectivity index (χ0) is 20.6. The number of nitrogens with two attached hydrogens (primary N) is 2. The lowest BCUT2D eigenvalue weighted by Gasteiger charge is -2.38. The van der Waals surface area contributed by atoms with E-state index in [1.54, 1.807) is 0 Å². The third-order valence-electron chi connectivity index (χ3n) is 5.45. The van der Waals surface area contributed by atoms with Crippen molar-refractivity contribution in [3.63, 3.8) is 0 Å². The van der Waals surface area contributed by atoms with Crippen LogP contribution in [-0.2, 0) is 13.1 Å². The average Bonchev–Trinajstić information content (AvgIpc) is 3.15. The molecule has 0 bridgehead atoms. The van der Waals surface area contributed by atoms with Gasteiger partial charge in [0.1, 0.15) is 5.69 Å². The SMILES string of the molecule is CCN1CCN(CC)c2cc(N=Nc3n(CCCN)cc[n+]3CCCN)ccc21. The van der Waals surface area contributed by atoms with Crippen molar-refractivity contribution in [2.45, 2.75) is 39.8 Å². The number of hydrogen-bond acceptors (Lipinski definition) is 6. The number of hydrogen-bond donors (Lipinski definition) is 2. The van der Waals surface area contributed by atoms with Crippen molar-refractivity contribution in [3.05, 3.63) is 30.6 Å².